The van der Waals surface area contributed by atoms with Crippen molar-refractivity contribution in [2.45, 2.75) is 31.4 Å². The number of halogens is 3. The van der Waals surface area contributed by atoms with Crippen LogP contribution in [-0.4, -0.2) is 46.3 Å². The summed E-state index contributed by atoms with van der Waals surface area (Å²) in [6.07, 6.45) is 2.29. The van der Waals surface area contributed by atoms with Crippen LogP contribution in [0.4, 0.5) is 13.2 Å². The van der Waals surface area contributed by atoms with Crippen molar-refractivity contribution in [3.8, 4) is 11.3 Å². The number of aliphatic hydroxyl groups excluding tert-OH is 1. The quantitative estimate of drug-likeness (QED) is 0.881. The maximum absolute atomic E-state index is 14.2. The van der Waals surface area contributed by atoms with Gasteiger partial charge in [0.25, 0.3) is 0 Å². The molecule has 1 aliphatic rings. The summed E-state index contributed by atoms with van der Waals surface area (Å²) in [5, 5.41) is 9.12. The van der Waals surface area contributed by atoms with E-state index in [9.17, 15) is 18.0 Å². The van der Waals surface area contributed by atoms with Gasteiger partial charge in [0.2, 0.25) is 5.91 Å². The minimum atomic E-state index is -1.75. The molecule has 8 heteroatoms. The largest absolute Gasteiger partial charge is 0.441 e. The molecule has 1 amide bonds. The SMILES string of the molecule is O=C(CCc1ncc(-c2ccc(F)cc2F)o1)N1CCCC(F)(CO)C1. The van der Waals surface area contributed by atoms with Crippen molar-refractivity contribution in [1.29, 1.82) is 0 Å². The lowest BCUT2D eigenvalue weighted by Crippen LogP contribution is -2.49. The molecule has 2 heterocycles. The fourth-order valence-corrected chi connectivity index (χ4v) is 3.04. The van der Waals surface area contributed by atoms with Crippen molar-refractivity contribution in [3.05, 3.63) is 41.9 Å². The highest BCUT2D eigenvalue weighted by Crippen LogP contribution is 2.26. The van der Waals surface area contributed by atoms with Gasteiger partial charge in [0.15, 0.2) is 17.3 Å². The molecule has 3 rings (SSSR count). The van der Waals surface area contributed by atoms with Crippen molar-refractivity contribution in [2.24, 2.45) is 0 Å². The molecule has 0 saturated carbocycles. The smallest absolute Gasteiger partial charge is 0.223 e. The molecular formula is C18H19F3N2O3. The van der Waals surface area contributed by atoms with Gasteiger partial charge in [-0.2, -0.15) is 0 Å². The Morgan fingerprint density at radius 2 is 2.19 bits per heavy atom. The van der Waals surface area contributed by atoms with E-state index in [0.717, 1.165) is 12.1 Å². The number of likely N-dealkylation sites (tertiary alicyclic amines) is 1. The summed E-state index contributed by atoms with van der Waals surface area (Å²) in [7, 11) is 0. The first-order valence-corrected chi connectivity index (χ1v) is 8.38. The fraction of sp³-hybridized carbons (Fsp3) is 0.444. The van der Waals surface area contributed by atoms with E-state index < -0.39 is 23.9 Å². The highest BCUT2D eigenvalue weighted by atomic mass is 19.1. The second kappa shape index (κ2) is 7.49. The zero-order valence-electron chi connectivity index (χ0n) is 14.1. The fourth-order valence-electron chi connectivity index (χ4n) is 3.04. The maximum atomic E-state index is 14.2. The van der Waals surface area contributed by atoms with E-state index in [-0.39, 0.29) is 48.9 Å². The van der Waals surface area contributed by atoms with Gasteiger partial charge in [0.1, 0.15) is 11.6 Å². The van der Waals surface area contributed by atoms with Crippen LogP contribution in [0.2, 0.25) is 0 Å². The van der Waals surface area contributed by atoms with Crippen LogP contribution >= 0.6 is 0 Å². The number of hydrogen-bond donors (Lipinski definition) is 1. The number of nitrogens with zero attached hydrogens (tertiary/aromatic N) is 2. The minimum Gasteiger partial charge on any atom is -0.441 e. The topological polar surface area (TPSA) is 66.6 Å². The van der Waals surface area contributed by atoms with Crippen LogP contribution < -0.4 is 0 Å². The summed E-state index contributed by atoms with van der Waals surface area (Å²) in [6, 6.07) is 3.12. The first-order chi connectivity index (χ1) is 12.4. The van der Waals surface area contributed by atoms with Crippen LogP contribution in [0.15, 0.2) is 28.8 Å². The third-order valence-corrected chi connectivity index (χ3v) is 4.47. The van der Waals surface area contributed by atoms with Crippen LogP contribution in [0.5, 0.6) is 0 Å². The third-order valence-electron chi connectivity index (χ3n) is 4.47. The molecule has 1 saturated heterocycles. The van der Waals surface area contributed by atoms with E-state index in [0.29, 0.717) is 13.0 Å². The Morgan fingerprint density at radius 3 is 2.92 bits per heavy atom. The number of alkyl halides is 1. The van der Waals surface area contributed by atoms with Gasteiger partial charge < -0.3 is 14.4 Å². The monoisotopic (exact) mass is 368 g/mol. The highest BCUT2D eigenvalue weighted by Gasteiger charge is 2.36. The number of aliphatic hydroxyl groups is 1. The standard InChI is InChI=1S/C18H19F3N2O3/c19-12-2-3-13(14(20)8-12)15-9-22-16(26-15)4-5-17(25)23-7-1-6-18(21,10-23)11-24/h2-3,8-9,24H,1,4-7,10-11H2. The van der Waals surface area contributed by atoms with Crippen molar-refractivity contribution in [3.63, 3.8) is 0 Å². The van der Waals surface area contributed by atoms with Gasteiger partial charge in [-0.1, -0.05) is 0 Å². The Kier molecular flexibility index (Phi) is 5.31. The van der Waals surface area contributed by atoms with Crippen LogP contribution in [-0.2, 0) is 11.2 Å². The second-order valence-electron chi connectivity index (χ2n) is 6.47. The molecule has 5 nitrogen and oxygen atoms in total. The lowest BCUT2D eigenvalue weighted by atomic mass is 9.95. The maximum Gasteiger partial charge on any atom is 0.223 e. The molecule has 0 bridgehead atoms. The molecular weight excluding hydrogens is 349 g/mol. The molecule has 0 spiro atoms. The van der Waals surface area contributed by atoms with Crippen molar-refractivity contribution in [2.75, 3.05) is 19.7 Å². The lowest BCUT2D eigenvalue weighted by Gasteiger charge is -2.36. The second-order valence-corrected chi connectivity index (χ2v) is 6.47. The molecule has 26 heavy (non-hydrogen) atoms. The number of aryl methyl sites for hydroxylation is 1. The Hall–Kier alpha value is -2.35. The van der Waals surface area contributed by atoms with Gasteiger partial charge >= 0.3 is 0 Å². The Bertz CT molecular complexity index is 796. The summed E-state index contributed by atoms with van der Waals surface area (Å²) in [5.41, 5.74) is -1.66. The number of carbonyl (C=O) groups excluding carboxylic acids is 1. The average Bonchev–Trinajstić information content (AvgIpc) is 3.08. The molecule has 1 atom stereocenters. The van der Waals surface area contributed by atoms with E-state index in [1.807, 2.05) is 0 Å². The number of amides is 1. The predicted molar refractivity (Wildman–Crippen MR) is 86.9 cm³/mol. The summed E-state index contributed by atoms with van der Waals surface area (Å²) < 4.78 is 46.4. The molecule has 1 unspecified atom stereocenters. The number of carbonyl (C=O) groups is 1. The molecule has 1 aliphatic heterocycles. The molecule has 140 valence electrons. The van der Waals surface area contributed by atoms with E-state index in [4.69, 9.17) is 9.52 Å². The molecule has 1 aromatic heterocycles. The number of piperidine rings is 1. The predicted octanol–water partition coefficient (Wildman–Crippen LogP) is 2.88. The Morgan fingerprint density at radius 1 is 1.38 bits per heavy atom. The van der Waals surface area contributed by atoms with Crippen LogP contribution in [0.3, 0.4) is 0 Å². The van der Waals surface area contributed by atoms with E-state index in [1.54, 1.807) is 0 Å². The number of oxazole rings is 1. The molecule has 2 aromatic rings. The molecule has 1 N–H and O–H groups in total. The zero-order chi connectivity index (χ0) is 18.7. The summed E-state index contributed by atoms with van der Waals surface area (Å²) in [6.45, 7) is -0.287. The number of aromatic nitrogens is 1. The van der Waals surface area contributed by atoms with Crippen molar-refractivity contribution >= 4 is 5.91 Å². The summed E-state index contributed by atoms with van der Waals surface area (Å²) >= 11 is 0. The normalized spacial score (nSPS) is 20.4. The van der Waals surface area contributed by atoms with Crippen molar-refractivity contribution in [1.82, 2.24) is 9.88 Å². The number of rotatable bonds is 5. The van der Waals surface area contributed by atoms with Gasteiger partial charge in [0.05, 0.1) is 24.9 Å². The summed E-state index contributed by atoms with van der Waals surface area (Å²) in [5.74, 6) is -1.33. The first kappa shape index (κ1) is 18.4. The van der Waals surface area contributed by atoms with E-state index in [1.165, 1.54) is 17.2 Å². The number of hydrogen-bond acceptors (Lipinski definition) is 4. The average molecular weight is 368 g/mol. The van der Waals surface area contributed by atoms with Crippen LogP contribution in [0.1, 0.15) is 25.2 Å². The van der Waals surface area contributed by atoms with Gasteiger partial charge in [-0.3, -0.25) is 4.79 Å². The van der Waals surface area contributed by atoms with Crippen LogP contribution in [0.25, 0.3) is 11.3 Å². The van der Waals surface area contributed by atoms with Gasteiger partial charge in [-0.05, 0) is 25.0 Å². The Labute approximate surface area is 148 Å². The molecule has 1 aromatic carbocycles. The van der Waals surface area contributed by atoms with E-state index >= 15 is 0 Å². The summed E-state index contributed by atoms with van der Waals surface area (Å²) in [4.78, 5) is 17.6. The third kappa shape index (κ3) is 4.07. The molecule has 0 aliphatic carbocycles. The molecule has 1 fully saturated rings. The molecule has 0 radical (unpaired) electrons. The van der Waals surface area contributed by atoms with Crippen molar-refractivity contribution < 1.29 is 27.5 Å². The number of benzene rings is 1. The van der Waals surface area contributed by atoms with Crippen LogP contribution in [0, 0.1) is 11.6 Å². The first-order valence-electron chi connectivity index (χ1n) is 8.38. The minimum absolute atomic E-state index is 0.0629. The Balaban J connectivity index is 1.60. The van der Waals surface area contributed by atoms with E-state index in [2.05, 4.69) is 4.98 Å². The zero-order valence-corrected chi connectivity index (χ0v) is 14.1. The highest BCUT2D eigenvalue weighted by molar-refractivity contribution is 5.76. The lowest BCUT2D eigenvalue weighted by molar-refractivity contribution is -0.136. The van der Waals surface area contributed by atoms with Gasteiger partial charge in [-0.25, -0.2) is 18.2 Å². The van der Waals surface area contributed by atoms with Gasteiger partial charge in [-0.15, -0.1) is 0 Å². The van der Waals surface area contributed by atoms with Gasteiger partial charge in [0, 0.05) is 25.5 Å².